The molecule has 2 aliphatic heterocycles. The Labute approximate surface area is 245 Å². The van der Waals surface area contributed by atoms with E-state index in [1.165, 1.54) is 11.8 Å². The lowest BCUT2D eigenvalue weighted by Gasteiger charge is -2.32. The Morgan fingerprint density at radius 3 is 2.02 bits per heavy atom. The quantitative estimate of drug-likeness (QED) is 0.116. The van der Waals surface area contributed by atoms with Crippen LogP contribution in [0.1, 0.15) is 60.3 Å². The summed E-state index contributed by atoms with van der Waals surface area (Å²) in [6, 6.07) is -4.03. The number of likely N-dealkylation sites (tertiary alicyclic amines) is 1. The van der Waals surface area contributed by atoms with Gasteiger partial charge in [-0.15, -0.1) is 0 Å². The van der Waals surface area contributed by atoms with E-state index in [0.717, 1.165) is 13.0 Å². The topological polar surface area (TPSA) is 215 Å². The standard InChI is InChI=1S/C27H45N7O8/c1-14(2)21(32-24(39)17-8-6-10-28-17)26(41)33-22(15(3)4)27(42)34-11-7-9-18(34)25(40)29-12-19(35)31-16(5)23(38)30-13-20(36)37/h14-18,21-22,28H,6-13H2,1-5H3,(H,29,40)(H,30,38)(H,31,35)(H,32,39)(H,33,41)(H,36,37)/t16-,17-,18-,21-,22-/m0/s1. The van der Waals surface area contributed by atoms with Crippen LogP contribution in [0.3, 0.4) is 0 Å². The second-order valence-corrected chi connectivity index (χ2v) is 11.4. The number of carboxylic acids is 1. The summed E-state index contributed by atoms with van der Waals surface area (Å²) in [4.78, 5) is 88.6. The van der Waals surface area contributed by atoms with Crippen LogP contribution in [0.4, 0.5) is 0 Å². The van der Waals surface area contributed by atoms with Crippen LogP contribution in [0.2, 0.25) is 0 Å². The molecule has 7 N–H and O–H groups in total. The molecule has 6 amide bonds. The second kappa shape index (κ2) is 16.0. The summed E-state index contributed by atoms with van der Waals surface area (Å²) in [5.41, 5.74) is 0. The minimum absolute atomic E-state index is 0.235. The molecule has 2 aliphatic rings. The monoisotopic (exact) mass is 595 g/mol. The molecule has 0 spiro atoms. The first-order chi connectivity index (χ1) is 19.7. The lowest BCUT2D eigenvalue weighted by atomic mass is 9.98. The summed E-state index contributed by atoms with van der Waals surface area (Å²) in [6.45, 7) is 8.51. The molecule has 15 heteroatoms. The number of nitrogens with one attached hydrogen (secondary N) is 6. The number of carbonyl (C=O) groups is 7. The summed E-state index contributed by atoms with van der Waals surface area (Å²) in [6.07, 6.45) is 2.48. The van der Waals surface area contributed by atoms with E-state index in [1.807, 2.05) is 0 Å². The molecule has 236 valence electrons. The highest BCUT2D eigenvalue weighted by Crippen LogP contribution is 2.21. The molecule has 0 radical (unpaired) electrons. The number of rotatable bonds is 14. The highest BCUT2D eigenvalue weighted by Gasteiger charge is 2.40. The molecule has 15 nitrogen and oxygen atoms in total. The smallest absolute Gasteiger partial charge is 0.322 e. The van der Waals surface area contributed by atoms with E-state index in [1.54, 1.807) is 27.7 Å². The molecule has 2 rings (SSSR count). The largest absolute Gasteiger partial charge is 0.480 e. The van der Waals surface area contributed by atoms with Crippen molar-refractivity contribution in [3.63, 3.8) is 0 Å². The van der Waals surface area contributed by atoms with Gasteiger partial charge in [0.1, 0.15) is 30.7 Å². The zero-order valence-corrected chi connectivity index (χ0v) is 25.0. The fourth-order valence-electron chi connectivity index (χ4n) is 4.89. The lowest BCUT2D eigenvalue weighted by molar-refractivity contribution is -0.143. The molecular weight excluding hydrogens is 550 g/mol. The van der Waals surface area contributed by atoms with E-state index in [2.05, 4.69) is 31.9 Å². The van der Waals surface area contributed by atoms with Crippen LogP contribution in [0.25, 0.3) is 0 Å². The van der Waals surface area contributed by atoms with Gasteiger partial charge in [0.25, 0.3) is 0 Å². The van der Waals surface area contributed by atoms with Gasteiger partial charge in [-0.2, -0.15) is 0 Å². The first kappa shape index (κ1) is 34.5. The number of carboxylic acid groups (broad SMARTS) is 1. The predicted molar refractivity (Wildman–Crippen MR) is 151 cm³/mol. The highest BCUT2D eigenvalue weighted by molar-refractivity contribution is 5.96. The average molecular weight is 596 g/mol. The minimum Gasteiger partial charge on any atom is -0.480 e. The summed E-state index contributed by atoms with van der Waals surface area (Å²) in [5.74, 6) is -4.87. The maximum absolute atomic E-state index is 13.6. The first-order valence-electron chi connectivity index (χ1n) is 14.4. The Morgan fingerprint density at radius 2 is 1.45 bits per heavy atom. The number of aliphatic carboxylic acids is 1. The number of hydrogen-bond acceptors (Lipinski definition) is 8. The van der Waals surface area contributed by atoms with E-state index in [-0.39, 0.29) is 23.8 Å². The minimum atomic E-state index is -1.23. The van der Waals surface area contributed by atoms with Crippen molar-refractivity contribution in [3.8, 4) is 0 Å². The molecule has 0 unspecified atom stereocenters. The van der Waals surface area contributed by atoms with E-state index >= 15 is 0 Å². The lowest BCUT2D eigenvalue weighted by Crippen LogP contribution is -2.60. The number of hydrogen-bond donors (Lipinski definition) is 7. The maximum atomic E-state index is 13.6. The predicted octanol–water partition coefficient (Wildman–Crippen LogP) is -2.17. The molecule has 42 heavy (non-hydrogen) atoms. The van der Waals surface area contributed by atoms with Gasteiger partial charge in [-0.05, 0) is 51.0 Å². The van der Waals surface area contributed by atoms with E-state index in [9.17, 15) is 33.6 Å². The van der Waals surface area contributed by atoms with Gasteiger partial charge in [0.15, 0.2) is 0 Å². The second-order valence-electron chi connectivity index (χ2n) is 11.4. The van der Waals surface area contributed by atoms with Crippen LogP contribution >= 0.6 is 0 Å². The van der Waals surface area contributed by atoms with Gasteiger partial charge < -0.3 is 41.9 Å². The Bertz CT molecular complexity index is 1030. The maximum Gasteiger partial charge on any atom is 0.322 e. The van der Waals surface area contributed by atoms with Crippen LogP contribution in [-0.4, -0.2) is 108 Å². The van der Waals surface area contributed by atoms with E-state index in [0.29, 0.717) is 25.8 Å². The van der Waals surface area contributed by atoms with Gasteiger partial charge >= 0.3 is 5.97 Å². The van der Waals surface area contributed by atoms with Crippen molar-refractivity contribution in [2.75, 3.05) is 26.2 Å². The van der Waals surface area contributed by atoms with Crippen LogP contribution in [0.15, 0.2) is 0 Å². The van der Waals surface area contributed by atoms with E-state index in [4.69, 9.17) is 5.11 Å². The van der Waals surface area contributed by atoms with Crippen molar-refractivity contribution >= 4 is 41.4 Å². The number of carbonyl (C=O) groups excluding carboxylic acids is 6. The van der Waals surface area contributed by atoms with Crippen molar-refractivity contribution < 1.29 is 38.7 Å². The fraction of sp³-hybridized carbons (Fsp3) is 0.741. The fourth-order valence-corrected chi connectivity index (χ4v) is 4.89. The van der Waals surface area contributed by atoms with Gasteiger partial charge in [-0.1, -0.05) is 27.7 Å². The van der Waals surface area contributed by atoms with Crippen LogP contribution < -0.4 is 31.9 Å². The third-order valence-corrected chi connectivity index (χ3v) is 7.30. The van der Waals surface area contributed by atoms with Gasteiger partial charge in [-0.25, -0.2) is 0 Å². The van der Waals surface area contributed by atoms with Crippen LogP contribution in [0.5, 0.6) is 0 Å². The first-order valence-corrected chi connectivity index (χ1v) is 14.4. The van der Waals surface area contributed by atoms with Gasteiger partial charge in [0, 0.05) is 6.54 Å². The van der Waals surface area contributed by atoms with Gasteiger partial charge in [0.2, 0.25) is 35.4 Å². The molecule has 0 aliphatic carbocycles. The molecule has 2 fully saturated rings. The summed E-state index contributed by atoms with van der Waals surface area (Å²) in [7, 11) is 0. The zero-order valence-electron chi connectivity index (χ0n) is 25.0. The van der Waals surface area contributed by atoms with Crippen LogP contribution in [-0.2, 0) is 33.6 Å². The zero-order chi connectivity index (χ0) is 31.6. The third-order valence-electron chi connectivity index (χ3n) is 7.30. The average Bonchev–Trinajstić information content (AvgIpc) is 3.64. The Balaban J connectivity index is 1.98. The van der Waals surface area contributed by atoms with Gasteiger partial charge in [0.05, 0.1) is 12.6 Å². The molecule has 0 aromatic carbocycles. The molecule has 0 aromatic heterocycles. The molecule has 2 heterocycles. The van der Waals surface area contributed by atoms with Gasteiger partial charge in [-0.3, -0.25) is 33.6 Å². The van der Waals surface area contributed by atoms with Crippen LogP contribution in [0, 0.1) is 11.8 Å². The number of amides is 6. The Hall–Kier alpha value is -3.75. The Morgan fingerprint density at radius 1 is 0.786 bits per heavy atom. The van der Waals surface area contributed by atoms with Crippen molar-refractivity contribution in [1.29, 1.82) is 0 Å². The number of nitrogens with zero attached hydrogens (tertiary/aromatic N) is 1. The molecular formula is C27H45N7O8. The van der Waals surface area contributed by atoms with Crippen molar-refractivity contribution in [1.82, 2.24) is 36.8 Å². The third kappa shape index (κ3) is 9.96. The summed E-state index contributed by atoms with van der Waals surface area (Å²) in [5, 5.41) is 24.3. The highest BCUT2D eigenvalue weighted by atomic mass is 16.4. The normalized spacial score (nSPS) is 20.4. The summed E-state index contributed by atoms with van der Waals surface area (Å²) < 4.78 is 0. The van der Waals surface area contributed by atoms with Crippen molar-refractivity contribution in [3.05, 3.63) is 0 Å². The molecule has 2 saturated heterocycles. The molecule has 0 saturated carbocycles. The summed E-state index contributed by atoms with van der Waals surface area (Å²) >= 11 is 0. The molecule has 0 bridgehead atoms. The van der Waals surface area contributed by atoms with E-state index < -0.39 is 72.8 Å². The van der Waals surface area contributed by atoms with Crippen molar-refractivity contribution in [2.45, 2.75) is 90.5 Å². The van der Waals surface area contributed by atoms with Crippen molar-refractivity contribution in [2.24, 2.45) is 11.8 Å². The molecule has 0 aromatic rings. The Kier molecular flexibility index (Phi) is 13.2. The SMILES string of the molecule is CC(C)[C@H](NC(=O)[C@@H]1CCCN1)C(=O)N[C@H](C(=O)N1CCC[C@H]1C(=O)NCC(=O)N[C@@H](C)C(=O)NCC(=O)O)C(C)C. The molecule has 5 atom stereocenters.